The fraction of sp³-hybridized carbons (Fsp3) is 0.158. The lowest BCUT2D eigenvalue weighted by molar-refractivity contribution is -0.117. The van der Waals surface area contributed by atoms with E-state index in [1.807, 2.05) is 6.07 Å². The monoisotopic (exact) mass is 462 g/mol. The van der Waals surface area contributed by atoms with Gasteiger partial charge in [0.1, 0.15) is 24.0 Å². The highest BCUT2D eigenvalue weighted by Gasteiger charge is 2.14. The van der Waals surface area contributed by atoms with Gasteiger partial charge in [0.25, 0.3) is 5.91 Å². The number of methoxy groups -OCH3 is 1. The molecule has 0 spiro atoms. The summed E-state index contributed by atoms with van der Waals surface area (Å²) in [7, 11) is 1.50. The summed E-state index contributed by atoms with van der Waals surface area (Å²) in [6.07, 6.45) is 8.21. The van der Waals surface area contributed by atoms with Crippen molar-refractivity contribution in [1.82, 2.24) is 5.32 Å². The van der Waals surface area contributed by atoms with Crippen molar-refractivity contribution in [2.45, 2.75) is 6.54 Å². The smallest absolute Gasteiger partial charge is 0.262 e. The maximum absolute atomic E-state index is 12.2. The summed E-state index contributed by atoms with van der Waals surface area (Å²) in [5.41, 5.74) is 0.593. The standard InChI is InChI=1S/C19H15IN2O4/c1-3-6-26-18-16(20)9-13(10-17(18)24-2)8-14(11-21)19(23)22-12-15-5-4-7-25-15/h1,4-5,7-10H,6,12H2,2H3,(H,22,23)/b14-8+. The lowest BCUT2D eigenvalue weighted by Crippen LogP contribution is -2.23. The molecule has 0 bridgehead atoms. The number of amides is 1. The molecule has 1 N–H and O–H groups in total. The van der Waals surface area contributed by atoms with Crippen LogP contribution < -0.4 is 14.8 Å². The molecule has 0 atom stereocenters. The summed E-state index contributed by atoms with van der Waals surface area (Å²) >= 11 is 2.08. The third kappa shape index (κ3) is 5.04. The minimum absolute atomic E-state index is 0.0355. The summed E-state index contributed by atoms with van der Waals surface area (Å²) in [5, 5.41) is 11.9. The van der Waals surface area contributed by atoms with Gasteiger partial charge in [0.2, 0.25) is 0 Å². The molecule has 132 valence electrons. The van der Waals surface area contributed by atoms with Crippen LogP contribution in [0.2, 0.25) is 0 Å². The molecule has 0 saturated heterocycles. The molecule has 2 aromatic rings. The molecule has 7 heteroatoms. The maximum atomic E-state index is 12.2. The van der Waals surface area contributed by atoms with E-state index < -0.39 is 5.91 Å². The number of hydrogen-bond acceptors (Lipinski definition) is 5. The molecule has 1 aromatic carbocycles. The summed E-state index contributed by atoms with van der Waals surface area (Å²) in [6.45, 7) is 0.310. The summed E-state index contributed by atoms with van der Waals surface area (Å²) in [5.74, 6) is 3.48. The van der Waals surface area contributed by atoms with Gasteiger partial charge < -0.3 is 19.2 Å². The van der Waals surface area contributed by atoms with Gasteiger partial charge in [0.15, 0.2) is 11.5 Å². The Morgan fingerprint density at radius 3 is 2.92 bits per heavy atom. The molecular formula is C19H15IN2O4. The van der Waals surface area contributed by atoms with E-state index in [1.165, 1.54) is 19.4 Å². The molecule has 1 amide bonds. The Labute approximate surface area is 164 Å². The van der Waals surface area contributed by atoms with Crippen molar-refractivity contribution in [3.05, 3.63) is 51.0 Å². The number of terminal acetylenes is 1. The van der Waals surface area contributed by atoms with Crippen molar-refractivity contribution < 1.29 is 18.7 Å². The molecule has 0 aliphatic carbocycles. The molecule has 0 aliphatic heterocycles. The fourth-order valence-electron chi connectivity index (χ4n) is 2.07. The average molecular weight is 462 g/mol. The highest BCUT2D eigenvalue weighted by Crippen LogP contribution is 2.34. The second-order valence-corrected chi connectivity index (χ2v) is 6.12. The van der Waals surface area contributed by atoms with Gasteiger partial charge in [-0.15, -0.1) is 6.42 Å². The van der Waals surface area contributed by atoms with E-state index in [0.29, 0.717) is 22.8 Å². The Bertz CT molecular complexity index is 889. The number of halogens is 1. The number of ether oxygens (including phenoxy) is 2. The Morgan fingerprint density at radius 2 is 2.31 bits per heavy atom. The predicted molar refractivity (Wildman–Crippen MR) is 104 cm³/mol. The van der Waals surface area contributed by atoms with Gasteiger partial charge in [-0.1, -0.05) is 5.92 Å². The lowest BCUT2D eigenvalue weighted by Gasteiger charge is -2.12. The van der Waals surface area contributed by atoms with Crippen molar-refractivity contribution in [2.75, 3.05) is 13.7 Å². The zero-order valence-corrected chi connectivity index (χ0v) is 16.1. The molecule has 0 saturated carbocycles. The molecule has 2 rings (SSSR count). The number of nitrogens with one attached hydrogen (secondary N) is 1. The number of furan rings is 1. The Morgan fingerprint density at radius 1 is 1.50 bits per heavy atom. The van der Waals surface area contributed by atoms with Gasteiger partial charge in [0, 0.05) is 0 Å². The van der Waals surface area contributed by atoms with E-state index >= 15 is 0 Å². The summed E-state index contributed by atoms with van der Waals surface area (Å²) in [4.78, 5) is 12.2. The topological polar surface area (TPSA) is 84.5 Å². The number of carbonyl (C=O) groups is 1. The third-order valence-electron chi connectivity index (χ3n) is 3.23. The summed E-state index contributed by atoms with van der Waals surface area (Å²) in [6, 6.07) is 8.80. The molecule has 6 nitrogen and oxygen atoms in total. The van der Waals surface area contributed by atoms with Crippen molar-refractivity contribution >= 4 is 34.6 Å². The Kier molecular flexibility index (Phi) is 7.12. The van der Waals surface area contributed by atoms with E-state index in [9.17, 15) is 10.1 Å². The van der Waals surface area contributed by atoms with Gasteiger partial charge in [-0.25, -0.2) is 0 Å². The largest absolute Gasteiger partial charge is 0.493 e. The first kappa shape index (κ1) is 19.4. The van der Waals surface area contributed by atoms with E-state index in [4.69, 9.17) is 20.3 Å². The SMILES string of the molecule is C#CCOc1c(I)cc(/C=C(\C#N)C(=O)NCc2ccco2)cc1OC. The molecule has 1 aromatic heterocycles. The van der Waals surface area contributed by atoms with Gasteiger partial charge in [0.05, 0.1) is 23.5 Å². The lowest BCUT2D eigenvalue weighted by atomic mass is 10.1. The normalized spacial score (nSPS) is 10.5. The van der Waals surface area contributed by atoms with Gasteiger partial charge in [-0.05, 0) is 58.5 Å². The van der Waals surface area contributed by atoms with Crippen molar-refractivity contribution in [3.63, 3.8) is 0 Å². The zero-order valence-electron chi connectivity index (χ0n) is 13.9. The number of nitrogens with zero attached hydrogens (tertiary/aromatic N) is 1. The first-order chi connectivity index (χ1) is 12.6. The molecular weight excluding hydrogens is 447 g/mol. The molecule has 26 heavy (non-hydrogen) atoms. The van der Waals surface area contributed by atoms with Crippen LogP contribution in [-0.2, 0) is 11.3 Å². The van der Waals surface area contributed by atoms with Crippen LogP contribution in [0, 0.1) is 27.2 Å². The highest BCUT2D eigenvalue weighted by atomic mass is 127. The Balaban J connectivity index is 2.22. The minimum atomic E-state index is -0.495. The maximum Gasteiger partial charge on any atom is 0.262 e. The van der Waals surface area contributed by atoms with E-state index in [-0.39, 0.29) is 18.7 Å². The zero-order chi connectivity index (χ0) is 18.9. The van der Waals surface area contributed by atoms with Crippen LogP contribution in [0.25, 0.3) is 6.08 Å². The van der Waals surface area contributed by atoms with Crippen LogP contribution in [0.5, 0.6) is 11.5 Å². The number of nitriles is 1. The number of hydrogen-bond donors (Lipinski definition) is 1. The minimum Gasteiger partial charge on any atom is -0.493 e. The van der Waals surface area contributed by atoms with Crippen LogP contribution in [0.15, 0.2) is 40.5 Å². The molecule has 0 radical (unpaired) electrons. The van der Waals surface area contributed by atoms with Gasteiger partial charge in [-0.2, -0.15) is 5.26 Å². The highest BCUT2D eigenvalue weighted by molar-refractivity contribution is 14.1. The molecule has 0 unspecified atom stereocenters. The second kappa shape index (κ2) is 9.54. The average Bonchev–Trinajstić information content (AvgIpc) is 3.16. The van der Waals surface area contributed by atoms with E-state index in [2.05, 4.69) is 33.8 Å². The van der Waals surface area contributed by atoms with Gasteiger partial charge >= 0.3 is 0 Å². The predicted octanol–water partition coefficient (Wildman–Crippen LogP) is 3.13. The third-order valence-corrected chi connectivity index (χ3v) is 4.03. The summed E-state index contributed by atoms with van der Waals surface area (Å²) < 4.78 is 16.7. The first-order valence-electron chi connectivity index (χ1n) is 7.45. The number of rotatable bonds is 7. The molecule has 1 heterocycles. The van der Waals surface area contributed by atoms with E-state index in [0.717, 1.165) is 3.57 Å². The van der Waals surface area contributed by atoms with Crippen molar-refractivity contribution in [1.29, 1.82) is 5.26 Å². The molecule has 0 fully saturated rings. The number of benzene rings is 1. The fourth-order valence-corrected chi connectivity index (χ4v) is 2.85. The van der Waals surface area contributed by atoms with Crippen LogP contribution in [0.3, 0.4) is 0 Å². The van der Waals surface area contributed by atoms with Crippen LogP contribution >= 0.6 is 22.6 Å². The van der Waals surface area contributed by atoms with E-state index in [1.54, 1.807) is 24.3 Å². The quantitative estimate of drug-likeness (QED) is 0.296. The second-order valence-electron chi connectivity index (χ2n) is 4.96. The van der Waals surface area contributed by atoms with Crippen molar-refractivity contribution in [3.8, 4) is 29.9 Å². The van der Waals surface area contributed by atoms with Gasteiger partial charge in [-0.3, -0.25) is 4.79 Å². The first-order valence-corrected chi connectivity index (χ1v) is 8.53. The Hall–Kier alpha value is -2.91. The molecule has 0 aliphatic rings. The van der Waals surface area contributed by atoms with Crippen LogP contribution in [0.1, 0.15) is 11.3 Å². The number of carbonyl (C=O) groups excluding carboxylic acids is 1. The van der Waals surface area contributed by atoms with Crippen LogP contribution in [0.4, 0.5) is 0 Å². The van der Waals surface area contributed by atoms with Crippen LogP contribution in [-0.4, -0.2) is 19.6 Å². The van der Waals surface area contributed by atoms with Crippen molar-refractivity contribution in [2.24, 2.45) is 0 Å².